The van der Waals surface area contributed by atoms with Gasteiger partial charge < -0.3 is 10.1 Å². The summed E-state index contributed by atoms with van der Waals surface area (Å²) in [5.41, 5.74) is 2.88. The first kappa shape index (κ1) is 17.4. The summed E-state index contributed by atoms with van der Waals surface area (Å²) < 4.78 is 5.52. The molecule has 0 atom stereocenters. The van der Waals surface area contributed by atoms with Crippen molar-refractivity contribution in [1.29, 1.82) is 0 Å². The number of hydrogen-bond acceptors (Lipinski definition) is 4. The van der Waals surface area contributed by atoms with Crippen molar-refractivity contribution in [1.82, 2.24) is 5.32 Å². The summed E-state index contributed by atoms with van der Waals surface area (Å²) in [4.78, 5) is 17.6. The average molecular weight is 374 g/mol. The van der Waals surface area contributed by atoms with E-state index in [0.717, 1.165) is 27.8 Å². The summed E-state index contributed by atoms with van der Waals surface area (Å²) in [5, 5.41) is 5.56. The third-order valence-electron chi connectivity index (χ3n) is 4.34. The minimum Gasteiger partial charge on any atom is -0.496 e. The minimum atomic E-state index is -0.152. The van der Waals surface area contributed by atoms with E-state index in [0.29, 0.717) is 10.1 Å². The zero-order valence-electron chi connectivity index (χ0n) is 15.0. The maximum Gasteiger partial charge on any atom is 0.264 e. The molecule has 0 spiro atoms. The molecule has 0 saturated carbocycles. The van der Waals surface area contributed by atoms with E-state index < -0.39 is 0 Å². The van der Waals surface area contributed by atoms with Crippen molar-refractivity contribution in [2.45, 2.75) is 6.92 Å². The molecule has 3 aromatic rings. The second kappa shape index (κ2) is 7.29. The van der Waals surface area contributed by atoms with Gasteiger partial charge in [0.2, 0.25) is 0 Å². The van der Waals surface area contributed by atoms with Crippen LogP contribution in [0.4, 0.5) is 5.69 Å². The molecule has 27 heavy (non-hydrogen) atoms. The zero-order valence-corrected chi connectivity index (χ0v) is 15.8. The van der Waals surface area contributed by atoms with Gasteiger partial charge in [-0.1, -0.05) is 48.0 Å². The average Bonchev–Trinajstić information content (AvgIpc) is 3.03. The molecule has 1 fully saturated rings. The number of aliphatic imine (C=N–C) groups is 1. The van der Waals surface area contributed by atoms with Gasteiger partial charge in [0.1, 0.15) is 5.75 Å². The van der Waals surface area contributed by atoms with Crippen LogP contribution in [-0.4, -0.2) is 18.2 Å². The number of benzene rings is 3. The number of carbonyl (C=O) groups is 1. The second-order valence-corrected chi connectivity index (χ2v) is 7.25. The summed E-state index contributed by atoms with van der Waals surface area (Å²) in [5.74, 6) is 0.583. The summed E-state index contributed by atoms with van der Waals surface area (Å²) >= 11 is 1.34. The number of rotatable bonds is 3. The van der Waals surface area contributed by atoms with E-state index in [9.17, 15) is 4.79 Å². The fourth-order valence-corrected chi connectivity index (χ4v) is 3.77. The van der Waals surface area contributed by atoms with Crippen LogP contribution in [0, 0.1) is 6.92 Å². The first-order chi connectivity index (χ1) is 13.1. The van der Waals surface area contributed by atoms with E-state index in [4.69, 9.17) is 4.74 Å². The fourth-order valence-electron chi connectivity index (χ4n) is 2.95. The molecule has 1 aliphatic heterocycles. The van der Waals surface area contributed by atoms with Gasteiger partial charge >= 0.3 is 0 Å². The Balaban J connectivity index is 1.72. The number of ether oxygens (including phenoxy) is 1. The molecular formula is C22H18N2O2S. The highest BCUT2D eigenvalue weighted by Crippen LogP contribution is 2.34. The van der Waals surface area contributed by atoms with E-state index in [1.54, 1.807) is 7.11 Å². The molecule has 134 valence electrons. The third-order valence-corrected chi connectivity index (χ3v) is 5.25. The lowest BCUT2D eigenvalue weighted by atomic mass is 10.0. The molecule has 0 aliphatic carbocycles. The van der Waals surface area contributed by atoms with Gasteiger partial charge in [0.25, 0.3) is 5.91 Å². The number of methoxy groups -OCH3 is 1. The van der Waals surface area contributed by atoms with Gasteiger partial charge in [0, 0.05) is 5.56 Å². The summed E-state index contributed by atoms with van der Waals surface area (Å²) in [6.45, 7) is 2.03. The molecule has 0 unspecified atom stereocenters. The number of aryl methyl sites for hydroxylation is 1. The Kier molecular flexibility index (Phi) is 4.69. The predicted octanol–water partition coefficient (Wildman–Crippen LogP) is 5.05. The molecule has 0 aromatic heterocycles. The van der Waals surface area contributed by atoms with Crippen LogP contribution in [0.15, 0.2) is 70.6 Å². The maximum absolute atomic E-state index is 12.4. The number of nitrogens with one attached hydrogen (secondary N) is 1. The number of amidine groups is 1. The van der Waals surface area contributed by atoms with Crippen molar-refractivity contribution in [2.75, 3.05) is 7.11 Å². The SMILES string of the molecule is COc1ccc2ccccc2c1C=C1SC(=Nc2ccc(C)cc2)NC1=O. The number of carbonyl (C=O) groups excluding carboxylic acids is 1. The molecular weight excluding hydrogens is 356 g/mol. The lowest BCUT2D eigenvalue weighted by Crippen LogP contribution is -2.19. The number of amides is 1. The van der Waals surface area contributed by atoms with Crippen molar-refractivity contribution >= 4 is 45.4 Å². The normalized spacial score (nSPS) is 16.9. The highest BCUT2D eigenvalue weighted by atomic mass is 32.2. The molecule has 3 aromatic carbocycles. The van der Waals surface area contributed by atoms with Gasteiger partial charge in [0.05, 0.1) is 17.7 Å². The Morgan fingerprint density at radius 1 is 1.04 bits per heavy atom. The topological polar surface area (TPSA) is 50.7 Å². The quantitative estimate of drug-likeness (QED) is 0.653. The summed E-state index contributed by atoms with van der Waals surface area (Å²) in [6, 6.07) is 19.9. The smallest absolute Gasteiger partial charge is 0.264 e. The molecule has 1 amide bonds. The Morgan fingerprint density at radius 3 is 2.59 bits per heavy atom. The van der Waals surface area contributed by atoms with E-state index in [1.807, 2.05) is 73.7 Å². The van der Waals surface area contributed by atoms with Crippen molar-refractivity contribution in [3.05, 3.63) is 76.7 Å². The molecule has 0 bridgehead atoms. The van der Waals surface area contributed by atoms with Crippen LogP contribution in [0.25, 0.3) is 16.8 Å². The van der Waals surface area contributed by atoms with Crippen LogP contribution < -0.4 is 10.1 Å². The summed E-state index contributed by atoms with van der Waals surface area (Å²) in [7, 11) is 1.64. The van der Waals surface area contributed by atoms with Crippen LogP contribution in [0.3, 0.4) is 0 Å². The van der Waals surface area contributed by atoms with Gasteiger partial charge in [-0.2, -0.15) is 0 Å². The van der Waals surface area contributed by atoms with Gasteiger partial charge in [0.15, 0.2) is 5.17 Å². The largest absolute Gasteiger partial charge is 0.496 e. The van der Waals surface area contributed by atoms with E-state index in [-0.39, 0.29) is 5.91 Å². The predicted molar refractivity (Wildman–Crippen MR) is 112 cm³/mol. The van der Waals surface area contributed by atoms with Crippen molar-refractivity contribution < 1.29 is 9.53 Å². The molecule has 5 heteroatoms. The highest BCUT2D eigenvalue weighted by molar-refractivity contribution is 8.18. The second-order valence-electron chi connectivity index (χ2n) is 6.22. The highest BCUT2D eigenvalue weighted by Gasteiger charge is 2.24. The number of fused-ring (bicyclic) bond motifs is 1. The van der Waals surface area contributed by atoms with Crippen molar-refractivity contribution in [3.8, 4) is 5.75 Å². The fraction of sp³-hybridized carbons (Fsp3) is 0.0909. The number of nitrogens with zero attached hydrogens (tertiary/aromatic N) is 1. The van der Waals surface area contributed by atoms with Gasteiger partial charge in [-0.25, -0.2) is 4.99 Å². The Morgan fingerprint density at radius 2 is 1.81 bits per heavy atom. The Bertz CT molecular complexity index is 1090. The minimum absolute atomic E-state index is 0.152. The third kappa shape index (κ3) is 3.59. The molecule has 0 radical (unpaired) electrons. The van der Waals surface area contributed by atoms with Crippen molar-refractivity contribution in [3.63, 3.8) is 0 Å². The van der Waals surface area contributed by atoms with Gasteiger partial charge in [-0.15, -0.1) is 0 Å². The van der Waals surface area contributed by atoms with Gasteiger partial charge in [-0.05, 0) is 53.7 Å². The first-order valence-corrected chi connectivity index (χ1v) is 9.38. The monoisotopic (exact) mass is 374 g/mol. The maximum atomic E-state index is 12.4. The standard InChI is InChI=1S/C22H18N2O2S/c1-14-7-10-16(11-8-14)23-22-24-21(25)20(27-22)13-18-17-6-4-3-5-15(17)9-12-19(18)26-2/h3-13H,1-2H3,(H,23,24,25). The molecule has 1 saturated heterocycles. The first-order valence-electron chi connectivity index (χ1n) is 8.56. The molecule has 1 N–H and O–H groups in total. The van der Waals surface area contributed by atoms with Crippen LogP contribution in [-0.2, 0) is 4.79 Å². The molecule has 1 heterocycles. The lowest BCUT2D eigenvalue weighted by Gasteiger charge is -2.09. The number of hydrogen-bond donors (Lipinski definition) is 1. The van der Waals surface area contributed by atoms with E-state index >= 15 is 0 Å². The van der Waals surface area contributed by atoms with Crippen LogP contribution in [0.5, 0.6) is 5.75 Å². The van der Waals surface area contributed by atoms with Crippen LogP contribution >= 0.6 is 11.8 Å². The molecule has 1 aliphatic rings. The van der Waals surface area contributed by atoms with Crippen LogP contribution in [0.2, 0.25) is 0 Å². The summed E-state index contributed by atoms with van der Waals surface area (Å²) in [6.07, 6.45) is 1.87. The van der Waals surface area contributed by atoms with Crippen molar-refractivity contribution in [2.24, 2.45) is 4.99 Å². The molecule has 4 nitrogen and oxygen atoms in total. The van der Waals surface area contributed by atoms with Crippen LogP contribution in [0.1, 0.15) is 11.1 Å². The number of thioether (sulfide) groups is 1. The Hall–Kier alpha value is -3.05. The van der Waals surface area contributed by atoms with E-state index in [1.165, 1.54) is 17.3 Å². The zero-order chi connectivity index (χ0) is 18.8. The van der Waals surface area contributed by atoms with Gasteiger partial charge in [-0.3, -0.25) is 4.79 Å². The lowest BCUT2D eigenvalue weighted by molar-refractivity contribution is -0.115. The Labute approximate surface area is 162 Å². The van der Waals surface area contributed by atoms with E-state index in [2.05, 4.69) is 10.3 Å². The molecule has 4 rings (SSSR count).